The maximum absolute atomic E-state index is 13.3. The number of halogens is 3. The van der Waals surface area contributed by atoms with Crippen molar-refractivity contribution in [1.29, 1.82) is 0 Å². The monoisotopic (exact) mass is 344 g/mol. The number of nitrogens with zero attached hydrogens (tertiary/aromatic N) is 2. The van der Waals surface area contributed by atoms with Crippen LogP contribution >= 0.6 is 0 Å². The molecule has 1 aliphatic rings. The van der Waals surface area contributed by atoms with Crippen LogP contribution < -0.4 is 4.90 Å². The number of carboxylic acid groups (broad SMARTS) is 1. The first-order valence-corrected chi connectivity index (χ1v) is 6.74. The standard InChI is InChI=1S/C14H11F3N2O5/c15-14(16,17)18(8-4-6-9(7-5-8)19(23)24)12(20)10-2-1-3-11(10)13(21)22/h4-7H,1-3H2,(H,21,22). The maximum atomic E-state index is 13.3. The van der Waals surface area contributed by atoms with Crippen molar-refractivity contribution < 1.29 is 32.8 Å². The zero-order valence-electron chi connectivity index (χ0n) is 12.0. The summed E-state index contributed by atoms with van der Waals surface area (Å²) in [5, 5.41) is 19.6. The number of nitro groups is 1. The molecule has 0 fully saturated rings. The van der Waals surface area contributed by atoms with Crippen molar-refractivity contribution in [3.05, 3.63) is 45.5 Å². The van der Waals surface area contributed by atoms with Gasteiger partial charge < -0.3 is 5.11 Å². The Morgan fingerprint density at radius 1 is 1.12 bits per heavy atom. The molecule has 7 nitrogen and oxygen atoms in total. The molecule has 1 aliphatic carbocycles. The molecule has 0 bridgehead atoms. The summed E-state index contributed by atoms with van der Waals surface area (Å²) in [6, 6.07) is 3.25. The van der Waals surface area contributed by atoms with Crippen molar-refractivity contribution in [2.45, 2.75) is 25.6 Å². The lowest BCUT2D eigenvalue weighted by molar-refractivity contribution is -0.384. The Labute approximate surface area is 133 Å². The van der Waals surface area contributed by atoms with E-state index in [4.69, 9.17) is 5.11 Å². The van der Waals surface area contributed by atoms with E-state index in [2.05, 4.69) is 0 Å². The number of amides is 1. The number of carboxylic acids is 1. The van der Waals surface area contributed by atoms with E-state index in [1.54, 1.807) is 0 Å². The number of aliphatic carboxylic acids is 1. The fourth-order valence-corrected chi connectivity index (χ4v) is 2.45. The highest BCUT2D eigenvalue weighted by molar-refractivity contribution is 6.10. The van der Waals surface area contributed by atoms with Gasteiger partial charge in [0.15, 0.2) is 0 Å². The zero-order valence-corrected chi connectivity index (χ0v) is 12.0. The predicted molar refractivity (Wildman–Crippen MR) is 75.2 cm³/mol. The summed E-state index contributed by atoms with van der Waals surface area (Å²) >= 11 is 0. The van der Waals surface area contributed by atoms with Gasteiger partial charge in [0.05, 0.1) is 10.6 Å². The van der Waals surface area contributed by atoms with Crippen LogP contribution in [0.25, 0.3) is 0 Å². The minimum atomic E-state index is -5.10. The summed E-state index contributed by atoms with van der Waals surface area (Å²) in [4.78, 5) is 32.6. The fraction of sp³-hybridized carbons (Fsp3) is 0.286. The molecule has 0 aromatic heterocycles. The van der Waals surface area contributed by atoms with Crippen molar-refractivity contribution in [3.8, 4) is 0 Å². The normalized spacial score (nSPS) is 14.6. The predicted octanol–water partition coefficient (Wildman–Crippen LogP) is 3.01. The average molecular weight is 344 g/mol. The molecule has 1 amide bonds. The molecule has 1 aromatic carbocycles. The van der Waals surface area contributed by atoms with E-state index >= 15 is 0 Å². The Bertz CT molecular complexity index is 725. The molecule has 0 aliphatic heterocycles. The van der Waals surface area contributed by atoms with Gasteiger partial charge >= 0.3 is 12.3 Å². The molecule has 0 atom stereocenters. The van der Waals surface area contributed by atoms with Gasteiger partial charge in [0.1, 0.15) is 0 Å². The third-order valence-corrected chi connectivity index (χ3v) is 3.51. The van der Waals surface area contributed by atoms with E-state index in [1.807, 2.05) is 0 Å². The number of non-ortho nitro benzene ring substituents is 1. The Balaban J connectivity index is 2.46. The highest BCUT2D eigenvalue weighted by Crippen LogP contribution is 2.35. The summed E-state index contributed by atoms with van der Waals surface area (Å²) < 4.78 is 39.9. The van der Waals surface area contributed by atoms with Crippen molar-refractivity contribution in [3.63, 3.8) is 0 Å². The smallest absolute Gasteiger partial charge is 0.478 e. The highest BCUT2D eigenvalue weighted by Gasteiger charge is 2.44. The topological polar surface area (TPSA) is 101 Å². The number of hydrogen-bond acceptors (Lipinski definition) is 4. The Morgan fingerprint density at radius 3 is 2.12 bits per heavy atom. The van der Waals surface area contributed by atoms with E-state index in [0.717, 1.165) is 24.3 Å². The number of alkyl halides is 3. The zero-order chi connectivity index (χ0) is 18.1. The molecule has 24 heavy (non-hydrogen) atoms. The third-order valence-electron chi connectivity index (χ3n) is 3.51. The second kappa shape index (κ2) is 6.30. The Morgan fingerprint density at radius 2 is 1.67 bits per heavy atom. The average Bonchev–Trinajstić information content (AvgIpc) is 2.96. The quantitative estimate of drug-likeness (QED) is 0.514. The van der Waals surface area contributed by atoms with Gasteiger partial charge in [-0.15, -0.1) is 13.2 Å². The Kier molecular flexibility index (Phi) is 4.58. The maximum Gasteiger partial charge on any atom is 0.491 e. The van der Waals surface area contributed by atoms with E-state index in [1.165, 1.54) is 0 Å². The lowest BCUT2D eigenvalue weighted by Gasteiger charge is -2.25. The van der Waals surface area contributed by atoms with Crippen LogP contribution in [-0.4, -0.2) is 28.2 Å². The first kappa shape index (κ1) is 17.4. The van der Waals surface area contributed by atoms with E-state index in [9.17, 15) is 32.9 Å². The second-order valence-corrected chi connectivity index (χ2v) is 5.00. The van der Waals surface area contributed by atoms with E-state index in [0.29, 0.717) is 0 Å². The third kappa shape index (κ3) is 3.36. The van der Waals surface area contributed by atoms with Gasteiger partial charge in [0.25, 0.3) is 11.6 Å². The molecule has 0 saturated carbocycles. The summed E-state index contributed by atoms with van der Waals surface area (Å²) in [7, 11) is 0. The molecule has 1 aromatic rings. The second-order valence-electron chi connectivity index (χ2n) is 5.00. The highest BCUT2D eigenvalue weighted by atomic mass is 19.4. The molecule has 0 saturated heterocycles. The van der Waals surface area contributed by atoms with Crippen LogP contribution in [-0.2, 0) is 9.59 Å². The lowest BCUT2D eigenvalue weighted by Crippen LogP contribution is -2.44. The van der Waals surface area contributed by atoms with Gasteiger partial charge in [-0.3, -0.25) is 14.9 Å². The molecule has 0 unspecified atom stereocenters. The van der Waals surface area contributed by atoms with Gasteiger partial charge in [0.2, 0.25) is 0 Å². The summed E-state index contributed by atoms with van der Waals surface area (Å²) in [5.74, 6) is -2.91. The van der Waals surface area contributed by atoms with Crippen LogP contribution in [0.4, 0.5) is 24.5 Å². The molecular formula is C14H11F3N2O5. The molecule has 128 valence electrons. The minimum absolute atomic E-state index is 0.0162. The Hall–Kier alpha value is -2.91. The van der Waals surface area contributed by atoms with Crippen molar-refractivity contribution in [2.75, 3.05) is 4.90 Å². The number of anilines is 1. The molecule has 0 spiro atoms. The van der Waals surface area contributed by atoms with E-state index in [-0.39, 0.29) is 24.8 Å². The first-order valence-electron chi connectivity index (χ1n) is 6.74. The van der Waals surface area contributed by atoms with Crippen molar-refractivity contribution in [1.82, 2.24) is 0 Å². The van der Waals surface area contributed by atoms with Crippen LogP contribution in [0.5, 0.6) is 0 Å². The van der Waals surface area contributed by atoms with Crippen LogP contribution in [0.2, 0.25) is 0 Å². The summed E-state index contributed by atoms with van der Waals surface area (Å²) in [6.07, 6.45) is -4.89. The number of rotatable bonds is 4. The number of carbonyl (C=O) groups excluding carboxylic acids is 1. The SMILES string of the molecule is O=C(O)C1=C(C(=O)N(c2ccc([N+](=O)[O-])cc2)C(F)(F)F)CCC1. The van der Waals surface area contributed by atoms with Crippen LogP contribution in [0.1, 0.15) is 19.3 Å². The van der Waals surface area contributed by atoms with Gasteiger partial charge in [0, 0.05) is 23.3 Å². The van der Waals surface area contributed by atoms with Crippen LogP contribution in [0.15, 0.2) is 35.4 Å². The van der Waals surface area contributed by atoms with Crippen LogP contribution in [0.3, 0.4) is 0 Å². The van der Waals surface area contributed by atoms with Gasteiger partial charge in [-0.2, -0.15) is 0 Å². The van der Waals surface area contributed by atoms with Gasteiger partial charge in [-0.05, 0) is 31.4 Å². The van der Waals surface area contributed by atoms with Crippen molar-refractivity contribution in [2.24, 2.45) is 0 Å². The van der Waals surface area contributed by atoms with Gasteiger partial charge in [-0.1, -0.05) is 0 Å². The summed E-state index contributed by atoms with van der Waals surface area (Å²) in [5.41, 5.74) is -1.80. The molecule has 10 heteroatoms. The number of hydrogen-bond donors (Lipinski definition) is 1. The lowest BCUT2D eigenvalue weighted by atomic mass is 10.1. The first-order chi connectivity index (χ1) is 11.1. The van der Waals surface area contributed by atoms with Gasteiger partial charge in [-0.25, -0.2) is 9.69 Å². The molecule has 1 N–H and O–H groups in total. The molecule has 0 radical (unpaired) electrons. The minimum Gasteiger partial charge on any atom is -0.478 e. The van der Waals surface area contributed by atoms with Crippen molar-refractivity contribution >= 4 is 23.3 Å². The van der Waals surface area contributed by atoms with E-state index < -0.39 is 44.9 Å². The number of benzene rings is 1. The molecular weight excluding hydrogens is 333 g/mol. The number of nitro benzene ring substituents is 1. The molecule has 2 rings (SSSR count). The fourth-order valence-electron chi connectivity index (χ4n) is 2.45. The molecule has 0 heterocycles. The summed E-state index contributed by atoms with van der Waals surface area (Å²) in [6.45, 7) is 0. The number of carbonyl (C=O) groups is 2. The van der Waals surface area contributed by atoms with Crippen LogP contribution in [0, 0.1) is 10.1 Å². The largest absolute Gasteiger partial charge is 0.491 e.